The lowest BCUT2D eigenvalue weighted by Crippen LogP contribution is -2.24. The summed E-state index contributed by atoms with van der Waals surface area (Å²) >= 11 is 2.22. The third-order valence-corrected chi connectivity index (χ3v) is 4.39. The Balaban J connectivity index is 1.58. The van der Waals surface area contributed by atoms with Crippen LogP contribution >= 0.6 is 22.6 Å². The first kappa shape index (κ1) is 16.4. The number of rotatable bonds is 5. The number of benzene rings is 3. The van der Waals surface area contributed by atoms with Crippen molar-refractivity contribution >= 4 is 45.5 Å². The zero-order chi connectivity index (χ0) is 16.8. The molecule has 3 aromatic rings. The third kappa shape index (κ3) is 4.11. The highest BCUT2D eigenvalue weighted by Gasteiger charge is 2.05. The predicted molar refractivity (Wildman–Crippen MR) is 104 cm³/mol. The minimum Gasteiger partial charge on any atom is -0.483 e. The standard InChI is InChI=1S/C19H15IN2O2/c20-17-10-4-2-7-15(17)12-21-22-19(23)13-24-18-11-5-8-14-6-1-3-9-16(14)18/h1-12H,13H2,(H,22,23). The predicted octanol–water partition coefficient (Wildman–Crippen LogP) is 3.97. The highest BCUT2D eigenvalue weighted by molar-refractivity contribution is 14.1. The molecule has 0 saturated carbocycles. The molecule has 0 spiro atoms. The van der Waals surface area contributed by atoms with Gasteiger partial charge in [0.15, 0.2) is 6.61 Å². The normalized spacial score (nSPS) is 10.9. The Morgan fingerprint density at radius 3 is 2.67 bits per heavy atom. The first-order valence-electron chi connectivity index (χ1n) is 7.41. The van der Waals surface area contributed by atoms with Gasteiger partial charge in [0.25, 0.3) is 5.91 Å². The minimum atomic E-state index is -0.301. The summed E-state index contributed by atoms with van der Waals surface area (Å²) < 4.78 is 6.69. The lowest BCUT2D eigenvalue weighted by molar-refractivity contribution is -0.123. The number of carbonyl (C=O) groups excluding carboxylic acids is 1. The topological polar surface area (TPSA) is 50.7 Å². The molecule has 120 valence electrons. The fourth-order valence-corrected chi connectivity index (χ4v) is 2.78. The van der Waals surface area contributed by atoms with Crippen LogP contribution in [0.5, 0.6) is 5.75 Å². The van der Waals surface area contributed by atoms with Gasteiger partial charge in [-0.25, -0.2) is 5.43 Å². The van der Waals surface area contributed by atoms with Gasteiger partial charge < -0.3 is 4.74 Å². The third-order valence-electron chi connectivity index (χ3n) is 3.41. The Labute approximate surface area is 153 Å². The number of hydrogen-bond acceptors (Lipinski definition) is 3. The van der Waals surface area contributed by atoms with Crippen LogP contribution in [0.15, 0.2) is 71.8 Å². The first-order chi connectivity index (χ1) is 11.7. The van der Waals surface area contributed by atoms with Gasteiger partial charge >= 0.3 is 0 Å². The Morgan fingerprint density at radius 2 is 1.79 bits per heavy atom. The monoisotopic (exact) mass is 430 g/mol. The van der Waals surface area contributed by atoms with E-state index in [2.05, 4.69) is 33.1 Å². The fraction of sp³-hybridized carbons (Fsp3) is 0.0526. The van der Waals surface area contributed by atoms with E-state index < -0.39 is 0 Å². The van der Waals surface area contributed by atoms with Crippen LogP contribution in [0.4, 0.5) is 0 Å². The van der Waals surface area contributed by atoms with Gasteiger partial charge in [-0.3, -0.25) is 4.79 Å². The molecule has 0 aliphatic rings. The molecule has 0 bridgehead atoms. The number of nitrogens with one attached hydrogen (secondary N) is 1. The Bertz CT molecular complexity index is 888. The maximum atomic E-state index is 11.9. The molecule has 0 atom stereocenters. The Hall–Kier alpha value is -2.41. The van der Waals surface area contributed by atoms with Crippen molar-refractivity contribution in [3.8, 4) is 5.75 Å². The van der Waals surface area contributed by atoms with Crippen LogP contribution in [0.2, 0.25) is 0 Å². The molecule has 0 aromatic heterocycles. The van der Waals surface area contributed by atoms with Crippen molar-refractivity contribution in [2.24, 2.45) is 5.10 Å². The van der Waals surface area contributed by atoms with Gasteiger partial charge in [-0.2, -0.15) is 5.10 Å². The van der Waals surface area contributed by atoms with E-state index in [-0.39, 0.29) is 12.5 Å². The van der Waals surface area contributed by atoms with Crippen molar-refractivity contribution < 1.29 is 9.53 Å². The van der Waals surface area contributed by atoms with Crippen LogP contribution in [-0.4, -0.2) is 18.7 Å². The second-order valence-electron chi connectivity index (χ2n) is 5.08. The Kier molecular flexibility index (Phi) is 5.43. The summed E-state index contributed by atoms with van der Waals surface area (Å²) in [4.78, 5) is 11.9. The average molecular weight is 430 g/mol. The summed E-state index contributed by atoms with van der Waals surface area (Å²) in [6.45, 7) is -0.0861. The summed E-state index contributed by atoms with van der Waals surface area (Å²) in [5.41, 5.74) is 3.43. The van der Waals surface area contributed by atoms with Crippen LogP contribution in [0.1, 0.15) is 5.56 Å². The molecule has 5 heteroatoms. The first-order valence-corrected chi connectivity index (χ1v) is 8.49. The van der Waals surface area contributed by atoms with Crippen LogP contribution in [0.25, 0.3) is 10.8 Å². The smallest absolute Gasteiger partial charge is 0.277 e. The van der Waals surface area contributed by atoms with Crippen molar-refractivity contribution in [1.29, 1.82) is 0 Å². The molecule has 0 aliphatic heterocycles. The summed E-state index contributed by atoms with van der Waals surface area (Å²) in [6, 6.07) is 21.5. The largest absolute Gasteiger partial charge is 0.483 e. The zero-order valence-electron chi connectivity index (χ0n) is 12.8. The molecule has 0 radical (unpaired) electrons. The van der Waals surface area contributed by atoms with Crippen molar-refractivity contribution in [1.82, 2.24) is 5.43 Å². The highest BCUT2D eigenvalue weighted by atomic mass is 127. The van der Waals surface area contributed by atoms with Gasteiger partial charge in [-0.05, 0) is 40.1 Å². The van der Waals surface area contributed by atoms with E-state index in [0.717, 1.165) is 19.9 Å². The van der Waals surface area contributed by atoms with Gasteiger partial charge in [0.2, 0.25) is 0 Å². The quantitative estimate of drug-likeness (QED) is 0.379. The second-order valence-corrected chi connectivity index (χ2v) is 6.24. The number of halogens is 1. The molecule has 3 aromatic carbocycles. The van der Waals surface area contributed by atoms with E-state index in [1.807, 2.05) is 66.7 Å². The molecule has 1 N–H and O–H groups in total. The van der Waals surface area contributed by atoms with E-state index >= 15 is 0 Å². The highest BCUT2D eigenvalue weighted by Crippen LogP contribution is 2.24. The molecule has 0 aliphatic carbocycles. The van der Waals surface area contributed by atoms with Crippen LogP contribution in [-0.2, 0) is 4.79 Å². The van der Waals surface area contributed by atoms with E-state index in [1.54, 1.807) is 6.21 Å². The number of amides is 1. The average Bonchev–Trinajstić information content (AvgIpc) is 2.61. The second kappa shape index (κ2) is 7.92. The molecule has 0 unspecified atom stereocenters. The van der Waals surface area contributed by atoms with Crippen LogP contribution in [0.3, 0.4) is 0 Å². The fourth-order valence-electron chi connectivity index (χ4n) is 2.25. The number of fused-ring (bicyclic) bond motifs is 1. The molecule has 0 heterocycles. The SMILES string of the molecule is O=C(COc1cccc2ccccc12)NN=Cc1ccccc1I. The molecule has 1 amide bonds. The molecular formula is C19H15IN2O2. The van der Waals surface area contributed by atoms with Crippen molar-refractivity contribution in [3.63, 3.8) is 0 Å². The molecular weight excluding hydrogens is 415 g/mol. The van der Waals surface area contributed by atoms with E-state index in [1.165, 1.54) is 0 Å². The molecule has 24 heavy (non-hydrogen) atoms. The Morgan fingerprint density at radius 1 is 1.04 bits per heavy atom. The summed E-state index contributed by atoms with van der Waals surface area (Å²) in [6.07, 6.45) is 1.62. The lowest BCUT2D eigenvalue weighted by atomic mass is 10.1. The number of nitrogens with zero attached hydrogens (tertiary/aromatic N) is 1. The van der Waals surface area contributed by atoms with Crippen LogP contribution in [0, 0.1) is 3.57 Å². The molecule has 0 fully saturated rings. The van der Waals surface area contributed by atoms with Gasteiger partial charge in [-0.15, -0.1) is 0 Å². The van der Waals surface area contributed by atoms with Crippen molar-refractivity contribution in [2.75, 3.05) is 6.61 Å². The zero-order valence-corrected chi connectivity index (χ0v) is 14.9. The van der Waals surface area contributed by atoms with Gasteiger partial charge in [0, 0.05) is 14.5 Å². The molecule has 3 rings (SSSR count). The van der Waals surface area contributed by atoms with E-state index in [4.69, 9.17) is 4.74 Å². The van der Waals surface area contributed by atoms with E-state index in [0.29, 0.717) is 5.75 Å². The van der Waals surface area contributed by atoms with Gasteiger partial charge in [0.1, 0.15) is 5.75 Å². The van der Waals surface area contributed by atoms with Crippen molar-refractivity contribution in [2.45, 2.75) is 0 Å². The van der Waals surface area contributed by atoms with E-state index in [9.17, 15) is 4.79 Å². The van der Waals surface area contributed by atoms with Crippen molar-refractivity contribution in [3.05, 3.63) is 75.9 Å². The minimum absolute atomic E-state index is 0.0861. The number of hydrogen-bond donors (Lipinski definition) is 1. The lowest BCUT2D eigenvalue weighted by Gasteiger charge is -2.08. The summed E-state index contributed by atoms with van der Waals surface area (Å²) in [5.74, 6) is 0.384. The maximum absolute atomic E-state index is 11.9. The van der Waals surface area contributed by atoms with Gasteiger partial charge in [0.05, 0.1) is 6.21 Å². The van der Waals surface area contributed by atoms with Crippen LogP contribution < -0.4 is 10.2 Å². The number of hydrazone groups is 1. The maximum Gasteiger partial charge on any atom is 0.277 e. The number of ether oxygens (including phenoxy) is 1. The van der Waals surface area contributed by atoms with Gasteiger partial charge in [-0.1, -0.05) is 54.6 Å². The molecule has 0 saturated heterocycles. The number of carbonyl (C=O) groups is 1. The summed E-state index contributed by atoms with van der Waals surface area (Å²) in [7, 11) is 0. The molecule has 4 nitrogen and oxygen atoms in total. The summed E-state index contributed by atoms with van der Waals surface area (Å²) in [5, 5.41) is 6.03.